The number of piperidine rings is 1. The van der Waals surface area contributed by atoms with Crippen molar-refractivity contribution in [2.75, 3.05) is 18.0 Å². The molecule has 1 N–H and O–H groups in total. The molecule has 17 heavy (non-hydrogen) atoms. The maximum absolute atomic E-state index is 3.31. The molecule has 0 radical (unpaired) electrons. The van der Waals surface area contributed by atoms with Crippen LogP contribution >= 0.6 is 0 Å². The van der Waals surface area contributed by atoms with Crippen LogP contribution in [0.2, 0.25) is 0 Å². The van der Waals surface area contributed by atoms with Crippen LogP contribution in [0.25, 0.3) is 0 Å². The number of H-pyrrole nitrogens is 1. The Morgan fingerprint density at radius 2 is 1.76 bits per heavy atom. The van der Waals surface area contributed by atoms with Gasteiger partial charge in [-0.1, -0.05) is 18.2 Å². The molecule has 90 valence electrons. The molecular formula is C12H17N5. The van der Waals surface area contributed by atoms with Crippen molar-refractivity contribution in [1.82, 2.24) is 20.6 Å². The zero-order valence-corrected chi connectivity index (χ0v) is 9.79. The lowest BCUT2D eigenvalue weighted by molar-refractivity contribution is 0.578. The van der Waals surface area contributed by atoms with Crippen LogP contribution in [-0.4, -0.2) is 33.7 Å². The van der Waals surface area contributed by atoms with Gasteiger partial charge in [-0.3, -0.25) is 0 Å². The van der Waals surface area contributed by atoms with E-state index in [-0.39, 0.29) is 0 Å². The van der Waals surface area contributed by atoms with Gasteiger partial charge in [0.2, 0.25) is 0 Å². The number of benzene rings is 1. The fourth-order valence-corrected chi connectivity index (χ4v) is 1.92. The minimum absolute atomic E-state index is 1.24. The zero-order chi connectivity index (χ0) is 11.8. The molecule has 1 aliphatic heterocycles. The Bertz CT molecular complexity index is 363. The van der Waals surface area contributed by atoms with Crippen LogP contribution in [0, 0.1) is 0 Å². The number of rotatable bonds is 1. The third-order valence-corrected chi connectivity index (χ3v) is 2.75. The van der Waals surface area contributed by atoms with Crippen LogP contribution in [-0.2, 0) is 0 Å². The monoisotopic (exact) mass is 231 g/mol. The van der Waals surface area contributed by atoms with Crippen molar-refractivity contribution in [2.45, 2.75) is 19.3 Å². The summed E-state index contributed by atoms with van der Waals surface area (Å²) in [6, 6.07) is 10.7. The minimum atomic E-state index is 1.24. The average Bonchev–Trinajstić information content (AvgIpc) is 3.00. The molecule has 1 fully saturated rings. The fourth-order valence-electron chi connectivity index (χ4n) is 1.92. The summed E-state index contributed by atoms with van der Waals surface area (Å²) in [7, 11) is 0. The van der Waals surface area contributed by atoms with Crippen LogP contribution < -0.4 is 4.90 Å². The van der Waals surface area contributed by atoms with Crippen LogP contribution in [0.5, 0.6) is 0 Å². The largest absolute Gasteiger partial charge is 0.372 e. The molecule has 0 unspecified atom stereocenters. The molecule has 0 saturated carbocycles. The highest BCUT2D eigenvalue weighted by atomic mass is 15.5. The molecule has 1 aliphatic rings. The molecule has 1 aromatic heterocycles. The molecule has 2 heterocycles. The van der Waals surface area contributed by atoms with E-state index in [1.165, 1.54) is 44.4 Å². The number of nitrogens with one attached hydrogen (secondary N) is 1. The van der Waals surface area contributed by atoms with E-state index in [0.29, 0.717) is 0 Å². The second-order valence-corrected chi connectivity index (χ2v) is 3.95. The molecule has 0 amide bonds. The van der Waals surface area contributed by atoms with Gasteiger partial charge in [-0.05, 0) is 41.8 Å². The van der Waals surface area contributed by atoms with Crippen LogP contribution in [0.3, 0.4) is 0 Å². The number of aromatic amines is 1. The van der Waals surface area contributed by atoms with Gasteiger partial charge in [0.05, 0.1) is 0 Å². The van der Waals surface area contributed by atoms with Crippen molar-refractivity contribution in [2.24, 2.45) is 0 Å². The lowest BCUT2D eigenvalue weighted by Crippen LogP contribution is -2.29. The molecule has 5 heteroatoms. The maximum atomic E-state index is 3.31. The predicted molar refractivity (Wildman–Crippen MR) is 66.7 cm³/mol. The van der Waals surface area contributed by atoms with E-state index in [4.69, 9.17) is 0 Å². The van der Waals surface area contributed by atoms with E-state index in [1.54, 1.807) is 0 Å². The Balaban J connectivity index is 0.000000181. The summed E-state index contributed by atoms with van der Waals surface area (Å²) in [5.41, 5.74) is 1.39. The second kappa shape index (κ2) is 6.62. The lowest BCUT2D eigenvalue weighted by Gasteiger charge is -2.28. The normalized spacial score (nSPS) is 14.9. The van der Waals surface area contributed by atoms with Gasteiger partial charge < -0.3 is 4.90 Å². The maximum Gasteiger partial charge on any atom is 0.135 e. The van der Waals surface area contributed by atoms with Crippen molar-refractivity contribution in [3.8, 4) is 0 Å². The standard InChI is InChI=1S/C11H15N.CH2N4/c1-3-7-11(8-4-1)12-9-5-2-6-10-12;1-2-4-5-3-1/h1,3-4,7-8H,2,5-6,9-10H2;1H,(H,2,3,4,5). The van der Waals surface area contributed by atoms with Gasteiger partial charge >= 0.3 is 0 Å². The molecule has 0 atom stereocenters. The predicted octanol–water partition coefficient (Wildman–Crippen LogP) is 1.88. The molecule has 0 spiro atoms. The first-order valence-corrected chi connectivity index (χ1v) is 5.94. The van der Waals surface area contributed by atoms with Crippen molar-refractivity contribution >= 4 is 5.69 Å². The summed E-state index contributed by atoms with van der Waals surface area (Å²) >= 11 is 0. The van der Waals surface area contributed by atoms with Gasteiger partial charge in [-0.25, -0.2) is 5.10 Å². The van der Waals surface area contributed by atoms with Crippen LogP contribution in [0.4, 0.5) is 5.69 Å². The fraction of sp³-hybridized carbons (Fsp3) is 0.417. The first kappa shape index (κ1) is 11.6. The summed E-state index contributed by atoms with van der Waals surface area (Å²) in [5.74, 6) is 0. The van der Waals surface area contributed by atoms with Gasteiger partial charge in [-0.15, -0.1) is 5.10 Å². The molecular weight excluding hydrogens is 214 g/mol. The number of hydrogen-bond acceptors (Lipinski definition) is 4. The molecule has 0 aliphatic carbocycles. The highest BCUT2D eigenvalue weighted by Crippen LogP contribution is 2.18. The SMILES string of the molecule is c1ccc(N2CCCCC2)cc1.c1nnn[nH]1. The quantitative estimate of drug-likeness (QED) is 0.814. The highest BCUT2D eigenvalue weighted by Gasteiger charge is 2.09. The van der Waals surface area contributed by atoms with Gasteiger partial charge in [0, 0.05) is 18.8 Å². The Labute approximate surface area is 101 Å². The van der Waals surface area contributed by atoms with Crippen LogP contribution in [0.15, 0.2) is 36.7 Å². The smallest absolute Gasteiger partial charge is 0.135 e. The Hall–Kier alpha value is -1.91. The minimum Gasteiger partial charge on any atom is -0.372 e. The molecule has 0 bridgehead atoms. The van der Waals surface area contributed by atoms with Gasteiger partial charge in [0.1, 0.15) is 6.33 Å². The number of para-hydroxylation sites is 1. The first-order valence-electron chi connectivity index (χ1n) is 5.94. The number of hydrogen-bond donors (Lipinski definition) is 1. The van der Waals surface area contributed by atoms with Gasteiger partial charge in [0.15, 0.2) is 0 Å². The zero-order valence-electron chi connectivity index (χ0n) is 9.79. The molecule has 1 saturated heterocycles. The summed E-state index contributed by atoms with van der Waals surface area (Å²) in [6.45, 7) is 2.48. The van der Waals surface area contributed by atoms with E-state index in [0.717, 1.165) is 0 Å². The summed E-state index contributed by atoms with van der Waals surface area (Å²) in [5, 5.41) is 12.1. The molecule has 1 aromatic carbocycles. The summed E-state index contributed by atoms with van der Waals surface area (Å²) in [4.78, 5) is 2.48. The Kier molecular flexibility index (Phi) is 4.51. The average molecular weight is 231 g/mol. The van der Waals surface area contributed by atoms with Crippen molar-refractivity contribution in [3.05, 3.63) is 36.7 Å². The number of nitrogens with zero attached hydrogens (tertiary/aromatic N) is 4. The summed E-state index contributed by atoms with van der Waals surface area (Å²) in [6.07, 6.45) is 5.52. The number of aromatic nitrogens is 4. The molecule has 5 nitrogen and oxygen atoms in total. The van der Waals surface area contributed by atoms with E-state index in [9.17, 15) is 0 Å². The van der Waals surface area contributed by atoms with Crippen LogP contribution in [0.1, 0.15) is 19.3 Å². The van der Waals surface area contributed by atoms with Gasteiger partial charge in [0.25, 0.3) is 0 Å². The van der Waals surface area contributed by atoms with Crippen molar-refractivity contribution in [1.29, 1.82) is 0 Å². The van der Waals surface area contributed by atoms with Gasteiger partial charge in [-0.2, -0.15) is 0 Å². The summed E-state index contributed by atoms with van der Waals surface area (Å²) < 4.78 is 0. The third-order valence-electron chi connectivity index (χ3n) is 2.75. The highest BCUT2D eigenvalue weighted by molar-refractivity contribution is 5.46. The lowest BCUT2D eigenvalue weighted by atomic mass is 10.1. The Morgan fingerprint density at radius 3 is 2.29 bits per heavy atom. The number of tetrazole rings is 1. The molecule has 2 aromatic rings. The number of anilines is 1. The van der Waals surface area contributed by atoms with E-state index in [1.807, 2.05) is 0 Å². The third kappa shape index (κ3) is 3.86. The van der Waals surface area contributed by atoms with Crippen molar-refractivity contribution in [3.63, 3.8) is 0 Å². The first-order chi connectivity index (χ1) is 8.47. The van der Waals surface area contributed by atoms with Crippen molar-refractivity contribution < 1.29 is 0 Å². The van der Waals surface area contributed by atoms with E-state index >= 15 is 0 Å². The molecule has 3 rings (SSSR count). The Morgan fingerprint density at radius 1 is 1.00 bits per heavy atom. The van der Waals surface area contributed by atoms with E-state index < -0.39 is 0 Å². The topological polar surface area (TPSA) is 57.7 Å². The second-order valence-electron chi connectivity index (χ2n) is 3.95. The van der Waals surface area contributed by atoms with E-state index in [2.05, 4.69) is 55.9 Å².